The Balaban J connectivity index is 1.31. The summed E-state index contributed by atoms with van der Waals surface area (Å²) in [5.74, 6) is 0.0451. The van der Waals surface area contributed by atoms with Crippen molar-refractivity contribution in [2.75, 3.05) is 12.4 Å². The fraction of sp³-hybridized carbons (Fsp3) is 0.179. The van der Waals surface area contributed by atoms with E-state index in [0.29, 0.717) is 17.8 Å². The zero-order valence-corrected chi connectivity index (χ0v) is 20.7. The third-order valence-corrected chi connectivity index (χ3v) is 6.60. The number of fused-ring (bicyclic) bond motifs is 1. The van der Waals surface area contributed by atoms with Crippen LogP contribution in [0, 0.1) is 0 Å². The van der Waals surface area contributed by atoms with Crippen LogP contribution in [0.2, 0.25) is 10.3 Å². The summed E-state index contributed by atoms with van der Waals surface area (Å²) in [6.07, 6.45) is 2.65. The number of halogens is 2. The monoisotopic (exact) mass is 503 g/mol. The van der Waals surface area contributed by atoms with E-state index in [2.05, 4.69) is 62.5 Å². The molecule has 1 saturated carbocycles. The van der Waals surface area contributed by atoms with E-state index in [1.807, 2.05) is 24.3 Å². The van der Waals surface area contributed by atoms with Gasteiger partial charge in [0.2, 0.25) is 0 Å². The highest BCUT2D eigenvalue weighted by Crippen LogP contribution is 2.37. The molecule has 0 aliphatic heterocycles. The molecule has 176 valence electrons. The molecule has 35 heavy (non-hydrogen) atoms. The normalized spacial score (nSPS) is 12.5. The molecule has 5 nitrogen and oxygen atoms in total. The molecule has 4 aromatic rings. The van der Waals surface area contributed by atoms with E-state index in [-0.39, 0.29) is 16.7 Å². The summed E-state index contributed by atoms with van der Waals surface area (Å²) in [7, 11) is 1.31. The second-order valence-corrected chi connectivity index (χ2v) is 9.21. The maximum absolute atomic E-state index is 11.6. The highest BCUT2D eigenvalue weighted by Gasteiger charge is 2.20. The Morgan fingerprint density at radius 3 is 2.29 bits per heavy atom. The molecular weight excluding hydrogens is 481 g/mol. The van der Waals surface area contributed by atoms with Crippen LogP contribution in [0.25, 0.3) is 16.5 Å². The van der Waals surface area contributed by atoms with E-state index >= 15 is 0 Å². The summed E-state index contributed by atoms with van der Waals surface area (Å²) in [6.45, 7) is 0. The third-order valence-electron chi connectivity index (χ3n) is 5.98. The van der Waals surface area contributed by atoms with Crippen LogP contribution in [0.15, 0.2) is 72.3 Å². The van der Waals surface area contributed by atoms with Crippen LogP contribution in [-0.4, -0.2) is 23.0 Å². The number of carbonyl (C=O) groups is 1. The predicted molar refractivity (Wildman–Crippen MR) is 141 cm³/mol. The summed E-state index contributed by atoms with van der Waals surface area (Å²) >= 11 is 12.5. The van der Waals surface area contributed by atoms with Gasteiger partial charge in [0.1, 0.15) is 16.1 Å². The molecule has 0 unspecified atom stereocenters. The van der Waals surface area contributed by atoms with Crippen LogP contribution in [0.5, 0.6) is 0 Å². The first-order valence-corrected chi connectivity index (χ1v) is 12.1. The second-order valence-electron chi connectivity index (χ2n) is 8.49. The fourth-order valence-corrected chi connectivity index (χ4v) is 4.52. The minimum Gasteiger partial charge on any atom is -0.469 e. The molecule has 7 heteroatoms. The zero-order chi connectivity index (χ0) is 24.4. The van der Waals surface area contributed by atoms with Crippen molar-refractivity contribution in [3.8, 4) is 0 Å². The van der Waals surface area contributed by atoms with Gasteiger partial charge in [-0.25, -0.2) is 9.97 Å². The van der Waals surface area contributed by atoms with E-state index < -0.39 is 5.97 Å². The molecule has 1 N–H and O–H groups in total. The van der Waals surface area contributed by atoms with Crippen molar-refractivity contribution in [2.45, 2.75) is 25.7 Å². The van der Waals surface area contributed by atoms with Gasteiger partial charge in [0.05, 0.1) is 13.5 Å². The first-order chi connectivity index (χ1) is 17.0. The van der Waals surface area contributed by atoms with Gasteiger partial charge in [0.25, 0.3) is 0 Å². The van der Waals surface area contributed by atoms with Gasteiger partial charge in [0, 0.05) is 23.4 Å². The van der Waals surface area contributed by atoms with Crippen molar-refractivity contribution in [2.24, 2.45) is 0 Å². The number of rotatable bonds is 7. The number of benzene rings is 3. The number of ether oxygens (including phenoxy) is 1. The molecule has 0 spiro atoms. The van der Waals surface area contributed by atoms with Crippen LogP contribution in [0.3, 0.4) is 0 Å². The van der Waals surface area contributed by atoms with E-state index in [0.717, 1.165) is 24.1 Å². The van der Waals surface area contributed by atoms with Gasteiger partial charge in [-0.3, -0.25) is 4.79 Å². The van der Waals surface area contributed by atoms with E-state index in [9.17, 15) is 4.79 Å². The summed E-state index contributed by atoms with van der Waals surface area (Å²) < 4.78 is 4.67. The van der Waals surface area contributed by atoms with Crippen molar-refractivity contribution in [1.82, 2.24) is 9.97 Å². The minimum atomic E-state index is -0.447. The highest BCUT2D eigenvalue weighted by molar-refractivity contribution is 6.34. The Labute approximate surface area is 213 Å². The van der Waals surface area contributed by atoms with Gasteiger partial charge >= 0.3 is 5.97 Å². The molecule has 0 bridgehead atoms. The molecule has 5 rings (SSSR count). The Hall–Kier alpha value is -3.41. The van der Waals surface area contributed by atoms with Gasteiger partial charge in [-0.15, -0.1) is 0 Å². The largest absolute Gasteiger partial charge is 0.469 e. The molecule has 3 aromatic carbocycles. The lowest BCUT2D eigenvalue weighted by atomic mass is 10.0. The van der Waals surface area contributed by atoms with Gasteiger partial charge in [0.15, 0.2) is 0 Å². The summed E-state index contributed by atoms with van der Waals surface area (Å²) in [5, 5.41) is 6.43. The summed E-state index contributed by atoms with van der Waals surface area (Å²) in [6, 6.07) is 23.2. The average Bonchev–Trinajstić information content (AvgIpc) is 3.71. The highest BCUT2D eigenvalue weighted by atomic mass is 35.5. The lowest BCUT2D eigenvalue weighted by molar-refractivity contribution is -0.139. The number of methoxy groups -OCH3 is 1. The Bertz CT molecular complexity index is 1420. The number of esters is 1. The van der Waals surface area contributed by atoms with Crippen molar-refractivity contribution >= 4 is 51.3 Å². The minimum absolute atomic E-state index is 0.0656. The third kappa shape index (κ3) is 5.47. The Morgan fingerprint density at radius 1 is 0.943 bits per heavy atom. The summed E-state index contributed by atoms with van der Waals surface area (Å²) in [4.78, 5) is 20.2. The van der Waals surface area contributed by atoms with Gasteiger partial charge in [-0.2, -0.15) is 0 Å². The van der Waals surface area contributed by atoms with Crippen LogP contribution < -0.4 is 5.32 Å². The van der Waals surface area contributed by atoms with Crippen LogP contribution >= 0.6 is 23.2 Å². The van der Waals surface area contributed by atoms with Gasteiger partial charge < -0.3 is 10.1 Å². The first kappa shape index (κ1) is 23.3. The lowest BCUT2D eigenvalue weighted by Gasteiger charge is -2.13. The van der Waals surface area contributed by atoms with Crippen LogP contribution in [0.4, 0.5) is 5.69 Å². The number of allylic oxidation sites excluding steroid dienone is 1. The fourth-order valence-electron chi connectivity index (χ4n) is 3.97. The average molecular weight is 504 g/mol. The van der Waals surface area contributed by atoms with E-state index in [4.69, 9.17) is 23.2 Å². The molecule has 1 aliphatic carbocycles. The quantitative estimate of drug-likeness (QED) is 0.220. The molecular formula is C28H23Cl2N3O2. The molecule has 1 aromatic heterocycles. The zero-order valence-electron chi connectivity index (χ0n) is 19.1. The number of aromatic nitrogens is 2. The van der Waals surface area contributed by atoms with Crippen molar-refractivity contribution < 1.29 is 9.53 Å². The number of nitrogens with one attached hydrogen (secondary N) is 1. The molecule has 0 atom stereocenters. The number of carbonyl (C=O) groups excluding carboxylic acids is 1. The summed E-state index contributed by atoms with van der Waals surface area (Å²) in [5.41, 5.74) is 6.24. The molecule has 1 aliphatic rings. The van der Waals surface area contributed by atoms with Gasteiger partial charge in [-0.1, -0.05) is 71.7 Å². The maximum Gasteiger partial charge on any atom is 0.310 e. The second kappa shape index (κ2) is 10.1. The predicted octanol–water partition coefficient (Wildman–Crippen LogP) is 6.86. The Morgan fingerprint density at radius 2 is 1.63 bits per heavy atom. The topological polar surface area (TPSA) is 64.1 Å². The van der Waals surface area contributed by atoms with Crippen molar-refractivity contribution in [3.63, 3.8) is 0 Å². The van der Waals surface area contributed by atoms with Crippen molar-refractivity contribution in [3.05, 3.63) is 105 Å². The van der Waals surface area contributed by atoms with Crippen molar-refractivity contribution in [1.29, 1.82) is 0 Å². The molecule has 0 saturated heterocycles. The molecule has 1 heterocycles. The smallest absolute Gasteiger partial charge is 0.310 e. The maximum atomic E-state index is 11.6. The molecule has 0 amide bonds. The molecule has 1 fully saturated rings. The van der Waals surface area contributed by atoms with Crippen LogP contribution in [0.1, 0.15) is 35.4 Å². The number of nitrogens with zero attached hydrogens (tertiary/aromatic N) is 2. The van der Waals surface area contributed by atoms with E-state index in [1.54, 1.807) is 0 Å². The SMILES string of the molecule is COC(=O)Cc1c(Cl)nc(Cc2ccc(NC(=C3CC3)c3ccc4ccccc4c3)cc2)nc1Cl. The lowest BCUT2D eigenvalue weighted by Crippen LogP contribution is -2.09. The van der Waals surface area contributed by atoms with E-state index in [1.165, 1.54) is 34.7 Å². The van der Waals surface area contributed by atoms with Gasteiger partial charge in [-0.05, 0) is 58.5 Å². The number of hydrogen-bond acceptors (Lipinski definition) is 5. The number of hydrogen-bond donors (Lipinski definition) is 1. The standard InChI is InChI=1S/C28H23Cl2N3O2/c1-35-25(34)16-23-27(29)32-24(33-28(23)30)14-17-6-12-22(13-7-17)31-26(19-9-10-19)21-11-8-18-4-2-3-5-20(18)15-21/h2-8,11-13,15,31H,9-10,14,16H2,1H3. The molecule has 0 radical (unpaired) electrons. The number of anilines is 1. The first-order valence-electron chi connectivity index (χ1n) is 11.3. The Kier molecular flexibility index (Phi) is 6.71. The van der Waals surface area contributed by atoms with Crippen LogP contribution in [-0.2, 0) is 22.4 Å².